The number of nitrogens with zero attached hydrogens (tertiary/aromatic N) is 5. The van der Waals surface area contributed by atoms with Crippen LogP contribution >= 0.6 is 0 Å². The molecule has 2 aromatic rings. The molecule has 1 saturated heterocycles. The summed E-state index contributed by atoms with van der Waals surface area (Å²) in [6.07, 6.45) is 5.97. The van der Waals surface area contributed by atoms with Gasteiger partial charge in [-0.05, 0) is 56.4 Å². The van der Waals surface area contributed by atoms with Crippen molar-refractivity contribution in [3.8, 4) is 22.8 Å². The largest absolute Gasteiger partial charge is 0.497 e. The molecule has 0 radical (unpaired) electrons. The molecule has 2 aliphatic carbocycles. The maximum absolute atomic E-state index is 13.1. The Labute approximate surface area is 212 Å². The van der Waals surface area contributed by atoms with E-state index in [4.69, 9.17) is 9.47 Å². The predicted octanol–water partition coefficient (Wildman–Crippen LogP) is 2.99. The highest BCUT2D eigenvalue weighted by Gasteiger charge is 2.39. The molecule has 2 saturated carbocycles. The summed E-state index contributed by atoms with van der Waals surface area (Å²) >= 11 is 0. The first-order chi connectivity index (χ1) is 17.6. The molecule has 0 unspecified atom stereocenters. The number of amides is 2. The zero-order valence-corrected chi connectivity index (χ0v) is 21.2. The smallest absolute Gasteiger partial charge is 0.242 e. The van der Waals surface area contributed by atoms with Crippen LogP contribution in [0, 0.1) is 5.92 Å². The van der Waals surface area contributed by atoms with Gasteiger partial charge in [-0.25, -0.2) is 0 Å². The molecule has 2 heterocycles. The van der Waals surface area contributed by atoms with Crippen molar-refractivity contribution in [1.29, 1.82) is 0 Å². The lowest BCUT2D eigenvalue weighted by molar-refractivity contribution is -0.145. The zero-order valence-electron chi connectivity index (χ0n) is 21.2. The average molecular weight is 494 g/mol. The first-order valence-corrected chi connectivity index (χ1v) is 13.0. The number of ether oxygens (including phenoxy) is 2. The molecule has 2 amide bonds. The van der Waals surface area contributed by atoms with Crippen molar-refractivity contribution >= 4 is 17.6 Å². The molecule has 9 heteroatoms. The topological polar surface area (TPSA) is 88.1 Å². The third-order valence-electron chi connectivity index (χ3n) is 7.54. The van der Waals surface area contributed by atoms with E-state index in [1.165, 1.54) is 0 Å². The van der Waals surface area contributed by atoms with E-state index < -0.39 is 0 Å². The summed E-state index contributed by atoms with van der Waals surface area (Å²) in [4.78, 5) is 31.9. The fourth-order valence-electron chi connectivity index (χ4n) is 4.95. The van der Waals surface area contributed by atoms with Crippen molar-refractivity contribution in [3.63, 3.8) is 0 Å². The highest BCUT2D eigenvalue weighted by atomic mass is 16.5. The summed E-state index contributed by atoms with van der Waals surface area (Å²) in [7, 11) is 3.24. The Bertz CT molecular complexity index is 1080. The first-order valence-electron chi connectivity index (χ1n) is 13.0. The minimum Gasteiger partial charge on any atom is -0.497 e. The van der Waals surface area contributed by atoms with E-state index in [1.807, 2.05) is 40.1 Å². The summed E-state index contributed by atoms with van der Waals surface area (Å²) in [5.74, 6) is 2.58. The lowest BCUT2D eigenvalue weighted by Gasteiger charge is -2.33. The lowest BCUT2D eigenvalue weighted by Crippen LogP contribution is -2.47. The Kier molecular flexibility index (Phi) is 7.25. The Morgan fingerprint density at radius 1 is 0.944 bits per heavy atom. The van der Waals surface area contributed by atoms with Gasteiger partial charge in [0, 0.05) is 49.8 Å². The molecule has 0 bridgehead atoms. The number of carbonyl (C=O) groups excluding carboxylic acids is 2. The molecule has 192 valence electrons. The van der Waals surface area contributed by atoms with Crippen LogP contribution in [0.1, 0.15) is 38.5 Å². The van der Waals surface area contributed by atoms with Crippen LogP contribution in [0.25, 0.3) is 11.3 Å². The van der Waals surface area contributed by atoms with Crippen LogP contribution in [0.2, 0.25) is 0 Å². The third-order valence-corrected chi connectivity index (χ3v) is 7.54. The first kappa shape index (κ1) is 24.3. The number of methoxy groups -OCH3 is 2. The molecular weight excluding hydrogens is 458 g/mol. The SMILES string of the molecule is COc1ccc(-c2ccc(N3CCCN(C(=O)CN(C(=O)C4CCC4)C4CC4)CC3)nn2)c(OC)c1. The van der Waals surface area contributed by atoms with Gasteiger partial charge >= 0.3 is 0 Å². The Hall–Kier alpha value is -3.36. The molecule has 1 aromatic carbocycles. The van der Waals surface area contributed by atoms with E-state index in [2.05, 4.69) is 15.1 Å². The number of hydrogen-bond acceptors (Lipinski definition) is 7. The fraction of sp³-hybridized carbons (Fsp3) is 0.556. The zero-order chi connectivity index (χ0) is 25.1. The molecule has 0 atom stereocenters. The van der Waals surface area contributed by atoms with Crippen LogP contribution in [-0.4, -0.2) is 84.8 Å². The van der Waals surface area contributed by atoms with Gasteiger partial charge in [0.05, 0.1) is 19.9 Å². The molecule has 9 nitrogen and oxygen atoms in total. The maximum Gasteiger partial charge on any atom is 0.242 e. The second-order valence-corrected chi connectivity index (χ2v) is 9.89. The van der Waals surface area contributed by atoms with Crippen molar-refractivity contribution in [2.75, 3.05) is 51.8 Å². The molecule has 3 aliphatic rings. The average Bonchev–Trinajstić information content (AvgIpc) is 3.73. The number of rotatable bonds is 8. The second kappa shape index (κ2) is 10.7. The predicted molar refractivity (Wildman–Crippen MR) is 136 cm³/mol. The molecule has 36 heavy (non-hydrogen) atoms. The Morgan fingerprint density at radius 3 is 2.42 bits per heavy atom. The normalized spacial score (nSPS) is 18.3. The maximum atomic E-state index is 13.1. The molecular formula is C27H35N5O4. The molecule has 0 N–H and O–H groups in total. The van der Waals surface area contributed by atoms with Gasteiger partial charge in [-0.15, -0.1) is 10.2 Å². The third kappa shape index (κ3) is 5.24. The van der Waals surface area contributed by atoms with Crippen molar-refractivity contribution in [1.82, 2.24) is 20.0 Å². The van der Waals surface area contributed by atoms with Gasteiger partial charge < -0.3 is 24.2 Å². The minimum absolute atomic E-state index is 0.0597. The number of anilines is 1. The minimum atomic E-state index is 0.0597. The van der Waals surface area contributed by atoms with Gasteiger partial charge in [0.25, 0.3) is 0 Å². The van der Waals surface area contributed by atoms with E-state index in [9.17, 15) is 9.59 Å². The van der Waals surface area contributed by atoms with Crippen LogP contribution in [0.4, 0.5) is 5.82 Å². The van der Waals surface area contributed by atoms with Gasteiger partial charge in [-0.2, -0.15) is 0 Å². The van der Waals surface area contributed by atoms with Crippen LogP contribution in [0.15, 0.2) is 30.3 Å². The van der Waals surface area contributed by atoms with Gasteiger partial charge in [-0.1, -0.05) is 6.42 Å². The molecule has 3 fully saturated rings. The van der Waals surface area contributed by atoms with Gasteiger partial charge in [0.15, 0.2) is 5.82 Å². The van der Waals surface area contributed by atoms with Crippen LogP contribution in [-0.2, 0) is 9.59 Å². The van der Waals surface area contributed by atoms with Crippen LogP contribution < -0.4 is 14.4 Å². The summed E-state index contributed by atoms with van der Waals surface area (Å²) in [6.45, 7) is 3.02. The van der Waals surface area contributed by atoms with E-state index in [-0.39, 0.29) is 30.3 Å². The molecule has 5 rings (SSSR count). The number of carbonyl (C=O) groups is 2. The van der Waals surface area contributed by atoms with E-state index in [0.717, 1.165) is 67.9 Å². The van der Waals surface area contributed by atoms with Crippen molar-refractivity contribution in [2.24, 2.45) is 5.92 Å². The highest BCUT2D eigenvalue weighted by molar-refractivity contribution is 5.87. The van der Waals surface area contributed by atoms with Crippen LogP contribution in [0.3, 0.4) is 0 Å². The lowest BCUT2D eigenvalue weighted by atomic mass is 9.84. The molecule has 1 aromatic heterocycles. The number of hydrogen-bond donors (Lipinski definition) is 0. The quantitative estimate of drug-likeness (QED) is 0.559. The molecule has 0 spiro atoms. The number of aromatic nitrogens is 2. The molecule has 1 aliphatic heterocycles. The van der Waals surface area contributed by atoms with Gasteiger partial charge in [-0.3, -0.25) is 9.59 Å². The van der Waals surface area contributed by atoms with Gasteiger partial charge in [0.1, 0.15) is 18.0 Å². The Balaban J connectivity index is 1.20. The van der Waals surface area contributed by atoms with E-state index >= 15 is 0 Å². The summed E-state index contributed by atoms with van der Waals surface area (Å²) < 4.78 is 10.8. The van der Waals surface area contributed by atoms with Crippen LogP contribution in [0.5, 0.6) is 11.5 Å². The highest BCUT2D eigenvalue weighted by Crippen LogP contribution is 2.34. The van der Waals surface area contributed by atoms with Gasteiger partial charge in [0.2, 0.25) is 11.8 Å². The monoisotopic (exact) mass is 493 g/mol. The standard InChI is InChI=1S/C27H35N5O4/c1-35-21-9-10-22(24(17-21)36-2)23-11-12-25(29-28-23)30-13-4-14-31(16-15-30)26(33)18-32(20-7-8-20)27(34)19-5-3-6-19/h9-12,17,19-20H,3-8,13-16,18H2,1-2H3. The second-order valence-electron chi connectivity index (χ2n) is 9.89. The van der Waals surface area contributed by atoms with Crippen molar-refractivity contribution < 1.29 is 19.1 Å². The van der Waals surface area contributed by atoms with E-state index in [1.54, 1.807) is 14.2 Å². The Morgan fingerprint density at radius 2 is 1.78 bits per heavy atom. The fourth-order valence-corrected chi connectivity index (χ4v) is 4.95. The summed E-state index contributed by atoms with van der Waals surface area (Å²) in [6, 6.07) is 9.80. The van der Waals surface area contributed by atoms with Crippen molar-refractivity contribution in [2.45, 2.75) is 44.6 Å². The van der Waals surface area contributed by atoms with Crippen molar-refractivity contribution in [3.05, 3.63) is 30.3 Å². The summed E-state index contributed by atoms with van der Waals surface area (Å²) in [5, 5.41) is 8.93. The summed E-state index contributed by atoms with van der Waals surface area (Å²) in [5.41, 5.74) is 1.57. The van der Waals surface area contributed by atoms with E-state index in [0.29, 0.717) is 25.4 Å². The number of benzene rings is 1.